The highest BCUT2D eigenvalue weighted by molar-refractivity contribution is 5.84. The van der Waals surface area contributed by atoms with Crippen molar-refractivity contribution in [1.29, 1.82) is 0 Å². The fourth-order valence-corrected chi connectivity index (χ4v) is 4.18. The predicted molar refractivity (Wildman–Crippen MR) is 97.6 cm³/mol. The monoisotopic (exact) mass is 343 g/mol. The molecular formula is C19H29N5O. The lowest BCUT2D eigenvalue weighted by Crippen LogP contribution is -2.43. The van der Waals surface area contributed by atoms with Crippen LogP contribution in [0.15, 0.2) is 6.07 Å². The van der Waals surface area contributed by atoms with Crippen molar-refractivity contribution in [3.05, 3.63) is 34.4 Å². The van der Waals surface area contributed by atoms with Crippen LogP contribution in [0.2, 0.25) is 0 Å². The van der Waals surface area contributed by atoms with Gasteiger partial charge in [-0.25, -0.2) is 0 Å². The molecule has 2 aromatic rings. The first-order valence-corrected chi connectivity index (χ1v) is 9.11. The van der Waals surface area contributed by atoms with E-state index in [4.69, 9.17) is 0 Å². The molecule has 25 heavy (non-hydrogen) atoms. The van der Waals surface area contributed by atoms with Gasteiger partial charge in [0.1, 0.15) is 0 Å². The predicted octanol–water partition coefficient (Wildman–Crippen LogP) is 2.82. The molecule has 0 bridgehead atoms. The summed E-state index contributed by atoms with van der Waals surface area (Å²) in [5, 5.41) is 9.10. The molecule has 2 atom stereocenters. The molecule has 0 saturated carbocycles. The lowest BCUT2D eigenvalue weighted by Gasteiger charge is -2.35. The average molecular weight is 343 g/mol. The van der Waals surface area contributed by atoms with Gasteiger partial charge < -0.3 is 4.90 Å². The third kappa shape index (κ3) is 3.22. The van der Waals surface area contributed by atoms with Crippen LogP contribution in [0.1, 0.15) is 60.1 Å². The van der Waals surface area contributed by atoms with E-state index in [2.05, 4.69) is 27.9 Å². The highest BCUT2D eigenvalue weighted by Gasteiger charge is 2.31. The van der Waals surface area contributed by atoms with Crippen molar-refractivity contribution < 1.29 is 4.79 Å². The van der Waals surface area contributed by atoms with E-state index in [1.165, 1.54) is 5.69 Å². The molecule has 0 aromatic carbocycles. The first-order valence-electron chi connectivity index (χ1n) is 9.11. The quantitative estimate of drug-likeness (QED) is 0.861. The Kier molecular flexibility index (Phi) is 4.71. The Balaban J connectivity index is 1.79. The number of aryl methyl sites for hydroxylation is 4. The number of amides is 1. The van der Waals surface area contributed by atoms with Crippen molar-refractivity contribution in [2.24, 2.45) is 7.05 Å². The molecule has 0 radical (unpaired) electrons. The van der Waals surface area contributed by atoms with E-state index in [-0.39, 0.29) is 17.9 Å². The zero-order chi connectivity index (χ0) is 18.3. The molecule has 1 fully saturated rings. The van der Waals surface area contributed by atoms with Crippen LogP contribution in [0.5, 0.6) is 0 Å². The van der Waals surface area contributed by atoms with Crippen LogP contribution in [-0.2, 0) is 11.8 Å². The number of hydrogen-bond donors (Lipinski definition) is 0. The van der Waals surface area contributed by atoms with Crippen molar-refractivity contribution in [2.45, 2.75) is 59.4 Å². The number of hydrogen-bond acceptors (Lipinski definition) is 3. The molecule has 1 saturated heterocycles. The van der Waals surface area contributed by atoms with Gasteiger partial charge in [-0.15, -0.1) is 0 Å². The molecule has 2 aromatic heterocycles. The van der Waals surface area contributed by atoms with Gasteiger partial charge in [0.25, 0.3) is 0 Å². The molecule has 3 rings (SSSR count). The summed E-state index contributed by atoms with van der Waals surface area (Å²) >= 11 is 0. The van der Waals surface area contributed by atoms with E-state index >= 15 is 0 Å². The van der Waals surface area contributed by atoms with Crippen molar-refractivity contribution in [3.63, 3.8) is 0 Å². The topological polar surface area (TPSA) is 56.0 Å². The van der Waals surface area contributed by atoms with E-state index in [1.807, 2.05) is 44.3 Å². The smallest absolute Gasteiger partial charge is 0.230 e. The van der Waals surface area contributed by atoms with E-state index in [0.29, 0.717) is 0 Å². The van der Waals surface area contributed by atoms with E-state index in [9.17, 15) is 4.79 Å². The third-order valence-corrected chi connectivity index (χ3v) is 5.47. The number of likely N-dealkylation sites (tertiary alicyclic amines) is 1. The van der Waals surface area contributed by atoms with Crippen LogP contribution in [0, 0.1) is 27.7 Å². The summed E-state index contributed by atoms with van der Waals surface area (Å²) in [5.41, 5.74) is 5.30. The van der Waals surface area contributed by atoms with Gasteiger partial charge in [0.05, 0.1) is 23.3 Å². The molecular weight excluding hydrogens is 314 g/mol. The Morgan fingerprint density at radius 2 is 1.96 bits per heavy atom. The maximum atomic E-state index is 13.1. The molecule has 1 amide bonds. The van der Waals surface area contributed by atoms with Crippen LogP contribution in [0.3, 0.4) is 0 Å². The Bertz CT molecular complexity index is 788. The summed E-state index contributed by atoms with van der Waals surface area (Å²) in [6.07, 6.45) is 2.09. The van der Waals surface area contributed by atoms with Gasteiger partial charge in [0.15, 0.2) is 0 Å². The van der Waals surface area contributed by atoms with Gasteiger partial charge in [0, 0.05) is 37.1 Å². The molecule has 0 N–H and O–H groups in total. The van der Waals surface area contributed by atoms with Crippen LogP contribution in [0.4, 0.5) is 0 Å². The second-order valence-corrected chi connectivity index (χ2v) is 7.38. The number of aromatic nitrogens is 4. The summed E-state index contributed by atoms with van der Waals surface area (Å²) in [6, 6.07) is 2.38. The standard InChI is InChI=1S/C19H29N5O/c1-12-10-13(2)24(20-12)17-8-7-9-23(11-17)19(25)14(3)18-15(4)21-22(6)16(18)5/h10,14,17H,7-9,11H2,1-6H3/t14-,17-/m0/s1. The zero-order valence-electron chi connectivity index (χ0n) is 16.2. The van der Waals surface area contributed by atoms with Crippen LogP contribution < -0.4 is 0 Å². The molecule has 0 spiro atoms. The minimum atomic E-state index is -0.159. The van der Waals surface area contributed by atoms with Crippen molar-refractivity contribution in [2.75, 3.05) is 13.1 Å². The Hall–Kier alpha value is -2.11. The highest BCUT2D eigenvalue weighted by atomic mass is 16.2. The Labute approximate surface area is 149 Å². The normalized spacial score (nSPS) is 19.3. The number of carbonyl (C=O) groups excluding carboxylic acids is 1. The van der Waals surface area contributed by atoms with E-state index < -0.39 is 0 Å². The number of piperidine rings is 1. The van der Waals surface area contributed by atoms with Crippen LogP contribution in [-0.4, -0.2) is 43.5 Å². The Morgan fingerprint density at radius 3 is 2.52 bits per heavy atom. The summed E-state index contributed by atoms with van der Waals surface area (Å²) in [7, 11) is 1.93. The molecule has 136 valence electrons. The fraction of sp³-hybridized carbons (Fsp3) is 0.632. The highest BCUT2D eigenvalue weighted by Crippen LogP contribution is 2.28. The van der Waals surface area contributed by atoms with Crippen LogP contribution >= 0.6 is 0 Å². The number of carbonyl (C=O) groups is 1. The maximum absolute atomic E-state index is 13.1. The first kappa shape index (κ1) is 17.7. The van der Waals surface area contributed by atoms with E-state index in [0.717, 1.165) is 48.6 Å². The summed E-state index contributed by atoms with van der Waals surface area (Å²) in [6.45, 7) is 11.7. The van der Waals surface area contributed by atoms with Crippen molar-refractivity contribution >= 4 is 5.91 Å². The van der Waals surface area contributed by atoms with Gasteiger partial charge in [0.2, 0.25) is 5.91 Å². The zero-order valence-corrected chi connectivity index (χ0v) is 16.2. The second-order valence-electron chi connectivity index (χ2n) is 7.38. The van der Waals surface area contributed by atoms with Gasteiger partial charge in [-0.1, -0.05) is 0 Å². The summed E-state index contributed by atoms with van der Waals surface area (Å²) < 4.78 is 3.96. The molecule has 1 aliphatic heterocycles. The molecule has 6 heteroatoms. The number of rotatable bonds is 3. The minimum absolute atomic E-state index is 0.159. The fourth-order valence-electron chi connectivity index (χ4n) is 4.18. The largest absolute Gasteiger partial charge is 0.340 e. The SMILES string of the molecule is Cc1cc(C)n([C@H]2CCCN(C(=O)[C@@H](C)c3c(C)nn(C)c3C)C2)n1. The third-order valence-electron chi connectivity index (χ3n) is 5.47. The van der Waals surface area contributed by atoms with E-state index in [1.54, 1.807) is 0 Å². The van der Waals surface area contributed by atoms with Gasteiger partial charge >= 0.3 is 0 Å². The Morgan fingerprint density at radius 1 is 1.24 bits per heavy atom. The van der Waals surface area contributed by atoms with Gasteiger partial charge in [-0.3, -0.25) is 14.2 Å². The average Bonchev–Trinajstić information content (AvgIpc) is 3.04. The lowest BCUT2D eigenvalue weighted by molar-refractivity contribution is -0.134. The molecule has 6 nitrogen and oxygen atoms in total. The number of nitrogens with zero attached hydrogens (tertiary/aromatic N) is 5. The molecule has 0 aliphatic carbocycles. The molecule has 0 unspecified atom stereocenters. The summed E-state index contributed by atoms with van der Waals surface area (Å²) in [4.78, 5) is 15.2. The van der Waals surface area contributed by atoms with Gasteiger partial charge in [-0.2, -0.15) is 10.2 Å². The molecule has 3 heterocycles. The maximum Gasteiger partial charge on any atom is 0.230 e. The van der Waals surface area contributed by atoms with Crippen LogP contribution in [0.25, 0.3) is 0 Å². The minimum Gasteiger partial charge on any atom is -0.340 e. The first-order chi connectivity index (χ1) is 11.8. The van der Waals surface area contributed by atoms with Crippen molar-refractivity contribution in [3.8, 4) is 0 Å². The molecule has 1 aliphatic rings. The van der Waals surface area contributed by atoms with Gasteiger partial charge in [-0.05, 0) is 53.5 Å². The van der Waals surface area contributed by atoms with Crippen molar-refractivity contribution in [1.82, 2.24) is 24.5 Å². The second kappa shape index (κ2) is 6.65. The lowest BCUT2D eigenvalue weighted by atomic mass is 9.96. The summed E-state index contributed by atoms with van der Waals surface area (Å²) in [5.74, 6) is 0.0401.